The molecule has 0 radical (unpaired) electrons. The molecule has 0 aromatic rings. The van der Waals surface area contributed by atoms with Crippen molar-refractivity contribution in [2.24, 2.45) is 0 Å². The van der Waals surface area contributed by atoms with Crippen LogP contribution in [0.2, 0.25) is 0 Å². The van der Waals surface area contributed by atoms with Crippen molar-refractivity contribution in [2.75, 3.05) is 0 Å². The van der Waals surface area contributed by atoms with Crippen molar-refractivity contribution in [2.45, 2.75) is 40.5 Å². The molecule has 0 heterocycles. The highest BCUT2D eigenvalue weighted by Crippen LogP contribution is 2.02. The van der Waals surface area contributed by atoms with E-state index in [-0.39, 0.29) is 5.78 Å². The van der Waals surface area contributed by atoms with Gasteiger partial charge in [0.1, 0.15) is 0 Å². The summed E-state index contributed by atoms with van der Waals surface area (Å²) in [6, 6.07) is 0. The van der Waals surface area contributed by atoms with Gasteiger partial charge in [-0.2, -0.15) is 0 Å². The Morgan fingerprint density at radius 2 is 1.33 bits per heavy atom. The largest absolute Gasteiger partial charge is 0.290 e. The number of carbonyl (C=O) groups is 1. The number of hydrogen-bond donors (Lipinski definition) is 0. The Kier molecular flexibility index (Phi) is 5.35. The van der Waals surface area contributed by atoms with E-state index < -0.39 is 0 Å². The van der Waals surface area contributed by atoms with Gasteiger partial charge in [0.05, 0.1) is 0 Å². The van der Waals surface area contributed by atoms with Gasteiger partial charge >= 0.3 is 0 Å². The van der Waals surface area contributed by atoms with E-state index in [9.17, 15) is 4.79 Å². The normalized spacial score (nSPS) is 13.3. The summed E-state index contributed by atoms with van der Waals surface area (Å²) in [6.07, 6.45) is 5.31. The Bertz CT molecular complexity index is 187. The standard InChI is InChI=1S/C11H18O/c1-5-9(3)7-11(12)8-10(4)6-2/h7-8H,5-6H2,1-4H3. The highest BCUT2D eigenvalue weighted by Gasteiger charge is 1.93. The van der Waals surface area contributed by atoms with Crippen molar-refractivity contribution in [3.8, 4) is 0 Å². The molecule has 12 heavy (non-hydrogen) atoms. The summed E-state index contributed by atoms with van der Waals surface area (Å²) < 4.78 is 0. The van der Waals surface area contributed by atoms with Crippen LogP contribution in [0.3, 0.4) is 0 Å². The Balaban J connectivity index is 4.24. The molecule has 0 aliphatic rings. The van der Waals surface area contributed by atoms with Gasteiger partial charge in [-0.25, -0.2) is 0 Å². The molecule has 0 bridgehead atoms. The number of hydrogen-bond acceptors (Lipinski definition) is 1. The monoisotopic (exact) mass is 166 g/mol. The van der Waals surface area contributed by atoms with E-state index in [2.05, 4.69) is 13.8 Å². The minimum Gasteiger partial charge on any atom is -0.290 e. The van der Waals surface area contributed by atoms with E-state index in [1.165, 1.54) is 0 Å². The molecule has 0 spiro atoms. The maximum atomic E-state index is 11.2. The lowest BCUT2D eigenvalue weighted by Crippen LogP contribution is -1.89. The van der Waals surface area contributed by atoms with E-state index >= 15 is 0 Å². The van der Waals surface area contributed by atoms with E-state index in [4.69, 9.17) is 0 Å². The Morgan fingerprint density at radius 3 is 1.58 bits per heavy atom. The average molecular weight is 166 g/mol. The van der Waals surface area contributed by atoms with Crippen LogP contribution in [0.15, 0.2) is 23.3 Å². The molecule has 1 nitrogen and oxygen atoms in total. The van der Waals surface area contributed by atoms with Gasteiger partial charge in [-0.15, -0.1) is 0 Å². The van der Waals surface area contributed by atoms with Crippen molar-refractivity contribution in [3.63, 3.8) is 0 Å². The number of allylic oxidation sites excluding steroid dienone is 4. The van der Waals surface area contributed by atoms with E-state index in [1.54, 1.807) is 12.2 Å². The fourth-order valence-corrected chi connectivity index (χ4v) is 0.731. The molecule has 0 N–H and O–H groups in total. The first-order valence-electron chi connectivity index (χ1n) is 4.48. The molecule has 0 saturated carbocycles. The Morgan fingerprint density at radius 1 is 1.00 bits per heavy atom. The molecule has 0 amide bonds. The van der Waals surface area contributed by atoms with Crippen molar-refractivity contribution in [1.82, 2.24) is 0 Å². The van der Waals surface area contributed by atoms with Gasteiger partial charge in [0.15, 0.2) is 5.78 Å². The fraction of sp³-hybridized carbons (Fsp3) is 0.545. The molecule has 0 rings (SSSR count). The zero-order chi connectivity index (χ0) is 9.56. The van der Waals surface area contributed by atoms with Gasteiger partial charge < -0.3 is 0 Å². The summed E-state index contributed by atoms with van der Waals surface area (Å²) in [5.41, 5.74) is 2.28. The predicted molar refractivity (Wildman–Crippen MR) is 53.1 cm³/mol. The SMILES string of the molecule is CCC(C)=CC(=O)C=C(C)CC. The molecular weight excluding hydrogens is 148 g/mol. The molecule has 68 valence electrons. The van der Waals surface area contributed by atoms with Gasteiger partial charge in [0, 0.05) is 0 Å². The molecule has 0 unspecified atom stereocenters. The topological polar surface area (TPSA) is 17.1 Å². The first kappa shape index (κ1) is 11.2. The van der Waals surface area contributed by atoms with Crippen molar-refractivity contribution in [1.29, 1.82) is 0 Å². The lowest BCUT2D eigenvalue weighted by atomic mass is 10.1. The Hall–Kier alpha value is -0.850. The van der Waals surface area contributed by atoms with Crippen LogP contribution in [0, 0.1) is 0 Å². The van der Waals surface area contributed by atoms with Gasteiger partial charge in [-0.1, -0.05) is 25.0 Å². The van der Waals surface area contributed by atoms with E-state index in [1.807, 2.05) is 13.8 Å². The van der Waals surface area contributed by atoms with Crippen molar-refractivity contribution < 1.29 is 4.79 Å². The summed E-state index contributed by atoms with van der Waals surface area (Å²) in [6.45, 7) is 8.06. The second-order valence-electron chi connectivity index (χ2n) is 3.09. The van der Waals surface area contributed by atoms with Crippen molar-refractivity contribution in [3.05, 3.63) is 23.3 Å². The minimum absolute atomic E-state index is 0.119. The van der Waals surface area contributed by atoms with E-state index in [0.717, 1.165) is 24.0 Å². The number of carbonyl (C=O) groups excluding carboxylic acids is 1. The minimum atomic E-state index is 0.119. The van der Waals surface area contributed by atoms with Gasteiger partial charge in [0.2, 0.25) is 0 Å². The third-order valence-electron chi connectivity index (χ3n) is 1.89. The zero-order valence-corrected chi connectivity index (χ0v) is 8.48. The highest BCUT2D eigenvalue weighted by molar-refractivity contribution is 6.00. The summed E-state index contributed by atoms with van der Waals surface area (Å²) in [7, 11) is 0. The summed E-state index contributed by atoms with van der Waals surface area (Å²) in [5, 5.41) is 0. The zero-order valence-electron chi connectivity index (χ0n) is 8.48. The molecule has 0 aliphatic carbocycles. The summed E-state index contributed by atoms with van der Waals surface area (Å²) in [4.78, 5) is 11.2. The second-order valence-corrected chi connectivity index (χ2v) is 3.09. The molecule has 0 aromatic heterocycles. The van der Waals surface area contributed by atoms with E-state index in [0.29, 0.717) is 0 Å². The van der Waals surface area contributed by atoms with Gasteiger partial charge in [0.25, 0.3) is 0 Å². The average Bonchev–Trinajstić information content (AvgIpc) is 2.03. The van der Waals surface area contributed by atoms with Crippen LogP contribution in [0.1, 0.15) is 40.5 Å². The van der Waals surface area contributed by atoms with Crippen LogP contribution < -0.4 is 0 Å². The molecule has 0 saturated heterocycles. The molecule has 0 aromatic carbocycles. The molecular formula is C11H18O. The fourth-order valence-electron chi connectivity index (χ4n) is 0.731. The molecule has 0 aliphatic heterocycles. The van der Waals surface area contributed by atoms with Crippen LogP contribution >= 0.6 is 0 Å². The van der Waals surface area contributed by atoms with Crippen LogP contribution in [0.25, 0.3) is 0 Å². The lowest BCUT2D eigenvalue weighted by molar-refractivity contribution is -0.110. The lowest BCUT2D eigenvalue weighted by Gasteiger charge is -1.94. The van der Waals surface area contributed by atoms with Gasteiger partial charge in [-0.05, 0) is 38.8 Å². The molecule has 0 atom stereocenters. The molecule has 0 fully saturated rings. The predicted octanol–water partition coefficient (Wildman–Crippen LogP) is 3.27. The molecule has 1 heteroatoms. The van der Waals surface area contributed by atoms with Crippen LogP contribution in [-0.4, -0.2) is 5.78 Å². The van der Waals surface area contributed by atoms with Crippen LogP contribution in [0.5, 0.6) is 0 Å². The third kappa shape index (κ3) is 4.89. The quantitative estimate of drug-likeness (QED) is 0.586. The maximum Gasteiger partial charge on any atom is 0.178 e. The summed E-state index contributed by atoms with van der Waals surface area (Å²) >= 11 is 0. The summed E-state index contributed by atoms with van der Waals surface area (Å²) in [5.74, 6) is 0.119. The maximum absolute atomic E-state index is 11.2. The smallest absolute Gasteiger partial charge is 0.178 e. The number of ketones is 1. The number of rotatable bonds is 4. The van der Waals surface area contributed by atoms with Crippen LogP contribution in [-0.2, 0) is 4.79 Å². The van der Waals surface area contributed by atoms with Crippen molar-refractivity contribution >= 4 is 5.78 Å². The second kappa shape index (κ2) is 5.76. The third-order valence-corrected chi connectivity index (χ3v) is 1.89. The first-order chi connectivity index (χ1) is 5.60. The Labute approximate surface area is 75.2 Å². The highest BCUT2D eigenvalue weighted by atomic mass is 16.1. The first-order valence-corrected chi connectivity index (χ1v) is 4.48. The van der Waals surface area contributed by atoms with Gasteiger partial charge in [-0.3, -0.25) is 4.79 Å². The van der Waals surface area contributed by atoms with Crippen LogP contribution in [0.4, 0.5) is 0 Å².